The predicted molar refractivity (Wildman–Crippen MR) is 62.9 cm³/mol. The number of H-pyrrole nitrogens is 1. The lowest BCUT2D eigenvalue weighted by molar-refractivity contribution is 1.24. The summed E-state index contributed by atoms with van der Waals surface area (Å²) in [5.41, 5.74) is 1.21. The Morgan fingerprint density at radius 2 is 2.15 bits per heavy atom. The van der Waals surface area contributed by atoms with Gasteiger partial charge in [0, 0.05) is 16.7 Å². The highest BCUT2D eigenvalue weighted by Crippen LogP contribution is 2.22. The van der Waals surface area contributed by atoms with Gasteiger partial charge in [-0.25, -0.2) is 0 Å². The van der Waals surface area contributed by atoms with E-state index < -0.39 is 0 Å². The van der Waals surface area contributed by atoms with Gasteiger partial charge in [0.15, 0.2) is 0 Å². The molecule has 1 heterocycles. The number of aromatic nitrogens is 1. The quantitative estimate of drug-likeness (QED) is 0.586. The second kappa shape index (κ2) is 4.11. The number of hydrogen-bond donors (Lipinski definition) is 2. The number of hydrogen-bond acceptors (Lipinski definition) is 2. The Kier molecular flexibility index (Phi) is 2.86. The predicted octanol–water partition coefficient (Wildman–Crippen LogP) is 3.19. The fraction of sp³-hybridized carbons (Fsp3) is 0.200. The molecule has 0 unspecified atom stereocenters. The smallest absolute Gasteiger partial charge is 0.0732 e. The van der Waals surface area contributed by atoms with Gasteiger partial charge in [-0.05, 0) is 17.9 Å². The van der Waals surface area contributed by atoms with Gasteiger partial charge in [-0.2, -0.15) is 12.6 Å². The number of thiol groups is 1. The first-order chi connectivity index (χ1) is 6.40. The van der Waals surface area contributed by atoms with Gasteiger partial charge in [0.05, 0.1) is 5.03 Å². The molecule has 0 fully saturated rings. The van der Waals surface area contributed by atoms with Gasteiger partial charge in [0.25, 0.3) is 0 Å². The van der Waals surface area contributed by atoms with E-state index in [0.717, 1.165) is 11.5 Å². The van der Waals surface area contributed by atoms with Crippen LogP contribution in [-0.2, 0) is 0 Å². The molecule has 0 amide bonds. The first-order valence-electron chi connectivity index (χ1n) is 4.21. The molecule has 2 aromatic rings. The number of rotatable bonds is 3. The Balaban J connectivity index is 2.28. The van der Waals surface area contributed by atoms with Crippen molar-refractivity contribution in [3.05, 3.63) is 30.3 Å². The lowest BCUT2D eigenvalue weighted by Crippen LogP contribution is -1.78. The summed E-state index contributed by atoms with van der Waals surface area (Å²) in [4.78, 5) is 3.36. The average molecular weight is 209 g/mol. The second-order valence-electron chi connectivity index (χ2n) is 2.79. The van der Waals surface area contributed by atoms with Crippen molar-refractivity contribution < 1.29 is 0 Å². The third-order valence-corrected chi connectivity index (χ3v) is 3.32. The number of para-hydroxylation sites is 1. The highest BCUT2D eigenvalue weighted by atomic mass is 32.2. The maximum atomic E-state index is 4.18. The zero-order valence-corrected chi connectivity index (χ0v) is 8.87. The first-order valence-corrected chi connectivity index (χ1v) is 5.83. The van der Waals surface area contributed by atoms with E-state index in [4.69, 9.17) is 0 Å². The molecule has 1 N–H and O–H groups in total. The zero-order chi connectivity index (χ0) is 9.10. The topological polar surface area (TPSA) is 15.8 Å². The van der Waals surface area contributed by atoms with E-state index in [0.29, 0.717) is 0 Å². The monoisotopic (exact) mass is 209 g/mol. The molecule has 0 bridgehead atoms. The minimum atomic E-state index is 0.917. The Morgan fingerprint density at radius 3 is 2.92 bits per heavy atom. The molecule has 0 aliphatic heterocycles. The Morgan fingerprint density at radius 1 is 1.31 bits per heavy atom. The normalized spacial score (nSPS) is 10.8. The van der Waals surface area contributed by atoms with Crippen LogP contribution < -0.4 is 0 Å². The summed E-state index contributed by atoms with van der Waals surface area (Å²) in [6.07, 6.45) is 0. The molecule has 0 radical (unpaired) electrons. The van der Waals surface area contributed by atoms with Gasteiger partial charge in [-0.1, -0.05) is 18.2 Å². The first kappa shape index (κ1) is 9.03. The van der Waals surface area contributed by atoms with Crippen LogP contribution in [0.25, 0.3) is 10.9 Å². The van der Waals surface area contributed by atoms with Crippen LogP contribution in [0.15, 0.2) is 35.4 Å². The van der Waals surface area contributed by atoms with Gasteiger partial charge in [0.2, 0.25) is 0 Å². The Bertz CT molecular complexity index is 361. The van der Waals surface area contributed by atoms with Crippen molar-refractivity contribution in [1.82, 2.24) is 4.98 Å². The molecule has 1 nitrogen and oxygen atoms in total. The van der Waals surface area contributed by atoms with E-state index >= 15 is 0 Å². The van der Waals surface area contributed by atoms with Crippen molar-refractivity contribution in [3.8, 4) is 0 Å². The van der Waals surface area contributed by atoms with E-state index in [1.165, 1.54) is 15.9 Å². The largest absolute Gasteiger partial charge is 0.350 e. The van der Waals surface area contributed by atoms with Crippen LogP contribution in [0.4, 0.5) is 0 Å². The van der Waals surface area contributed by atoms with E-state index in [9.17, 15) is 0 Å². The molecule has 0 saturated carbocycles. The minimum absolute atomic E-state index is 0.917. The number of nitrogens with one attached hydrogen (secondary N) is 1. The van der Waals surface area contributed by atoms with Crippen molar-refractivity contribution >= 4 is 35.3 Å². The van der Waals surface area contributed by atoms with Crippen LogP contribution >= 0.6 is 24.4 Å². The maximum Gasteiger partial charge on any atom is 0.0732 e. The molecule has 0 spiro atoms. The zero-order valence-electron chi connectivity index (χ0n) is 7.16. The van der Waals surface area contributed by atoms with E-state index in [2.05, 4.69) is 41.9 Å². The molecule has 13 heavy (non-hydrogen) atoms. The number of benzene rings is 1. The fourth-order valence-corrected chi connectivity index (χ4v) is 2.26. The van der Waals surface area contributed by atoms with Crippen molar-refractivity contribution in [3.63, 3.8) is 0 Å². The summed E-state index contributed by atoms with van der Waals surface area (Å²) in [6, 6.07) is 10.5. The molecule has 2 rings (SSSR count). The van der Waals surface area contributed by atoms with Gasteiger partial charge in [-0.15, -0.1) is 11.8 Å². The summed E-state index contributed by atoms with van der Waals surface area (Å²) < 4.78 is 0. The molecular formula is C10H11NS2. The molecular weight excluding hydrogens is 198 g/mol. The standard InChI is InChI=1S/C10H11NS2/c12-5-6-13-10-7-8-3-1-2-4-9(8)11-10/h1-4,7,11-12H,5-6H2. The summed E-state index contributed by atoms with van der Waals surface area (Å²) in [7, 11) is 0. The van der Waals surface area contributed by atoms with E-state index in [1.54, 1.807) is 0 Å². The second-order valence-corrected chi connectivity index (χ2v) is 4.38. The molecule has 0 atom stereocenters. The Labute approximate surface area is 87.3 Å². The van der Waals surface area contributed by atoms with Gasteiger partial charge in [0.1, 0.15) is 0 Å². The third kappa shape index (κ3) is 2.03. The van der Waals surface area contributed by atoms with Gasteiger partial charge < -0.3 is 4.98 Å². The molecule has 1 aromatic carbocycles. The maximum absolute atomic E-state index is 4.18. The van der Waals surface area contributed by atoms with Crippen molar-refractivity contribution in [1.29, 1.82) is 0 Å². The third-order valence-electron chi connectivity index (χ3n) is 1.85. The minimum Gasteiger partial charge on any atom is -0.350 e. The molecule has 1 aromatic heterocycles. The number of aromatic amines is 1. The summed E-state index contributed by atoms with van der Waals surface area (Å²) in [6.45, 7) is 0. The summed E-state index contributed by atoms with van der Waals surface area (Å²) in [5.74, 6) is 1.97. The number of fused-ring (bicyclic) bond motifs is 1. The highest BCUT2D eigenvalue weighted by molar-refractivity contribution is 7.99. The molecule has 0 aliphatic rings. The van der Waals surface area contributed by atoms with Gasteiger partial charge >= 0.3 is 0 Å². The lowest BCUT2D eigenvalue weighted by Gasteiger charge is -1.92. The van der Waals surface area contributed by atoms with Crippen molar-refractivity contribution in [2.75, 3.05) is 11.5 Å². The SMILES string of the molecule is SCCSc1cc2ccccc2[nH]1. The van der Waals surface area contributed by atoms with Crippen LogP contribution in [0.1, 0.15) is 0 Å². The molecule has 0 aliphatic carbocycles. The van der Waals surface area contributed by atoms with Crippen LogP contribution in [0.5, 0.6) is 0 Å². The lowest BCUT2D eigenvalue weighted by atomic mass is 10.3. The van der Waals surface area contributed by atoms with E-state index in [-0.39, 0.29) is 0 Å². The van der Waals surface area contributed by atoms with Crippen molar-refractivity contribution in [2.45, 2.75) is 5.03 Å². The van der Waals surface area contributed by atoms with Gasteiger partial charge in [-0.3, -0.25) is 0 Å². The summed E-state index contributed by atoms with van der Waals surface area (Å²) >= 11 is 5.99. The fourth-order valence-electron chi connectivity index (χ4n) is 1.28. The van der Waals surface area contributed by atoms with Crippen LogP contribution in [0.3, 0.4) is 0 Å². The van der Waals surface area contributed by atoms with Crippen molar-refractivity contribution in [2.24, 2.45) is 0 Å². The van der Waals surface area contributed by atoms with Crippen LogP contribution in [0.2, 0.25) is 0 Å². The number of thioether (sulfide) groups is 1. The molecule has 68 valence electrons. The highest BCUT2D eigenvalue weighted by Gasteiger charge is 1.98. The Hall–Kier alpha value is -0.540. The van der Waals surface area contributed by atoms with E-state index in [1.807, 2.05) is 17.8 Å². The molecule has 3 heteroatoms. The molecule has 0 saturated heterocycles. The van der Waals surface area contributed by atoms with Crippen LogP contribution in [0, 0.1) is 0 Å². The summed E-state index contributed by atoms with van der Waals surface area (Å²) in [5, 5.41) is 2.51. The van der Waals surface area contributed by atoms with Crippen LogP contribution in [-0.4, -0.2) is 16.5 Å². The average Bonchev–Trinajstić information content (AvgIpc) is 2.57.